The maximum Gasteiger partial charge on any atom is 0.324 e. The minimum absolute atomic E-state index is 0.0940. The zero-order valence-electron chi connectivity index (χ0n) is 13.4. The topological polar surface area (TPSA) is 65.5 Å². The summed E-state index contributed by atoms with van der Waals surface area (Å²) < 4.78 is 1.24. The third-order valence-corrected chi connectivity index (χ3v) is 5.96. The molecule has 2 saturated heterocycles. The van der Waals surface area contributed by atoms with Crippen molar-refractivity contribution < 1.29 is 9.59 Å². The van der Waals surface area contributed by atoms with Crippen LogP contribution >= 0.6 is 11.3 Å². The number of hydrogen-bond acceptors (Lipinski definition) is 5. The number of carbonyl (C=O) groups is 2. The Kier molecular flexibility index (Phi) is 4.20. The number of benzene rings is 1. The first-order valence-electron chi connectivity index (χ1n) is 8.37. The lowest BCUT2D eigenvalue weighted by Crippen LogP contribution is -2.44. The molecule has 0 atom stereocenters. The summed E-state index contributed by atoms with van der Waals surface area (Å²) in [5, 5.41) is 3.88. The van der Waals surface area contributed by atoms with Crippen LogP contribution < -0.4 is 5.32 Å². The van der Waals surface area contributed by atoms with Crippen LogP contribution in [0, 0.1) is 0 Å². The summed E-state index contributed by atoms with van der Waals surface area (Å²) in [6, 6.07) is 7.99. The Hall–Kier alpha value is -1.99. The minimum Gasteiger partial charge on any atom is -0.336 e. The number of thiazole rings is 1. The molecule has 24 heavy (non-hydrogen) atoms. The van der Waals surface area contributed by atoms with Gasteiger partial charge in [-0.1, -0.05) is 12.1 Å². The van der Waals surface area contributed by atoms with E-state index in [1.807, 2.05) is 12.1 Å². The Bertz CT molecular complexity index is 734. The largest absolute Gasteiger partial charge is 0.336 e. The van der Waals surface area contributed by atoms with Gasteiger partial charge in [0.05, 0.1) is 21.8 Å². The molecule has 1 aromatic carbocycles. The summed E-state index contributed by atoms with van der Waals surface area (Å²) in [5.41, 5.74) is 1.08. The molecular formula is C17H20N4O2S. The number of carbonyl (C=O) groups excluding carboxylic acids is 2. The number of imide groups is 1. The molecule has 4 rings (SSSR count). The summed E-state index contributed by atoms with van der Waals surface area (Å²) in [7, 11) is 0. The predicted molar refractivity (Wildman–Crippen MR) is 93.1 cm³/mol. The molecule has 0 aliphatic carbocycles. The predicted octanol–water partition coefficient (Wildman–Crippen LogP) is 2.03. The lowest BCUT2D eigenvalue weighted by molar-refractivity contribution is -0.129. The monoisotopic (exact) mass is 344 g/mol. The number of rotatable bonds is 3. The zero-order chi connectivity index (χ0) is 16.5. The molecule has 3 heterocycles. The average Bonchev–Trinajstić information content (AvgIpc) is 3.21. The number of hydrogen-bond donors (Lipinski definition) is 1. The Morgan fingerprint density at radius 1 is 1.25 bits per heavy atom. The van der Waals surface area contributed by atoms with E-state index in [2.05, 4.69) is 22.3 Å². The Balaban J connectivity index is 1.34. The highest BCUT2D eigenvalue weighted by Gasteiger charge is 2.29. The van der Waals surface area contributed by atoms with E-state index in [1.54, 1.807) is 11.3 Å². The van der Waals surface area contributed by atoms with Gasteiger partial charge in [0.1, 0.15) is 0 Å². The SMILES string of the molecule is O=C(CN1CCC(c2nc3ccccc3s2)CC1)N1CCNC1=O. The van der Waals surface area contributed by atoms with Crippen molar-refractivity contribution in [3.8, 4) is 0 Å². The maximum absolute atomic E-state index is 12.2. The van der Waals surface area contributed by atoms with E-state index in [0.29, 0.717) is 25.6 Å². The molecule has 3 amide bonds. The van der Waals surface area contributed by atoms with Gasteiger partial charge in [0.2, 0.25) is 5.91 Å². The van der Waals surface area contributed by atoms with E-state index in [9.17, 15) is 9.59 Å². The van der Waals surface area contributed by atoms with Gasteiger partial charge >= 0.3 is 6.03 Å². The van der Waals surface area contributed by atoms with Gasteiger partial charge in [0.25, 0.3) is 0 Å². The van der Waals surface area contributed by atoms with Crippen molar-refractivity contribution in [2.45, 2.75) is 18.8 Å². The van der Waals surface area contributed by atoms with Crippen molar-refractivity contribution in [1.29, 1.82) is 0 Å². The molecule has 0 saturated carbocycles. The summed E-state index contributed by atoms with van der Waals surface area (Å²) in [6.07, 6.45) is 2.03. The molecular weight excluding hydrogens is 324 g/mol. The molecule has 0 unspecified atom stereocenters. The number of amides is 3. The molecule has 1 aromatic heterocycles. The molecule has 0 radical (unpaired) electrons. The van der Waals surface area contributed by atoms with Gasteiger partial charge in [0.15, 0.2) is 0 Å². The molecule has 1 N–H and O–H groups in total. The van der Waals surface area contributed by atoms with E-state index in [0.717, 1.165) is 31.4 Å². The van der Waals surface area contributed by atoms with E-state index < -0.39 is 0 Å². The first kappa shape index (κ1) is 15.5. The van der Waals surface area contributed by atoms with Crippen LogP contribution in [0.2, 0.25) is 0 Å². The molecule has 126 valence electrons. The first-order valence-corrected chi connectivity index (χ1v) is 9.18. The summed E-state index contributed by atoms with van der Waals surface area (Å²) >= 11 is 1.78. The smallest absolute Gasteiger partial charge is 0.324 e. The van der Waals surface area contributed by atoms with Gasteiger partial charge in [-0.25, -0.2) is 9.78 Å². The van der Waals surface area contributed by atoms with Crippen molar-refractivity contribution in [3.63, 3.8) is 0 Å². The van der Waals surface area contributed by atoms with Crippen LogP contribution in [0.5, 0.6) is 0 Å². The van der Waals surface area contributed by atoms with Gasteiger partial charge < -0.3 is 5.32 Å². The first-order chi connectivity index (χ1) is 11.7. The summed E-state index contributed by atoms with van der Waals surface area (Å²) in [6.45, 7) is 3.13. The summed E-state index contributed by atoms with van der Waals surface area (Å²) in [5.74, 6) is 0.382. The lowest BCUT2D eigenvalue weighted by Gasteiger charge is -2.31. The fourth-order valence-electron chi connectivity index (χ4n) is 3.39. The molecule has 0 bridgehead atoms. The highest BCUT2D eigenvalue weighted by molar-refractivity contribution is 7.18. The van der Waals surface area contributed by atoms with Gasteiger partial charge in [-0.2, -0.15) is 0 Å². The number of urea groups is 1. The van der Waals surface area contributed by atoms with Crippen LogP contribution in [-0.4, -0.2) is 59.4 Å². The number of nitrogens with zero attached hydrogens (tertiary/aromatic N) is 3. The highest BCUT2D eigenvalue weighted by Crippen LogP contribution is 2.33. The van der Waals surface area contributed by atoms with Crippen LogP contribution in [0.3, 0.4) is 0 Å². The van der Waals surface area contributed by atoms with Crippen LogP contribution in [0.15, 0.2) is 24.3 Å². The Morgan fingerprint density at radius 3 is 2.75 bits per heavy atom. The van der Waals surface area contributed by atoms with Crippen LogP contribution in [-0.2, 0) is 4.79 Å². The number of likely N-dealkylation sites (tertiary alicyclic amines) is 1. The minimum atomic E-state index is -0.260. The normalized spacial score (nSPS) is 19.8. The van der Waals surface area contributed by atoms with E-state index in [-0.39, 0.29) is 11.9 Å². The fourth-order valence-corrected chi connectivity index (χ4v) is 4.53. The van der Waals surface area contributed by atoms with Gasteiger partial charge in [-0.3, -0.25) is 14.6 Å². The van der Waals surface area contributed by atoms with Crippen molar-refractivity contribution in [3.05, 3.63) is 29.3 Å². The molecule has 2 aromatic rings. The van der Waals surface area contributed by atoms with Crippen molar-refractivity contribution >= 4 is 33.5 Å². The molecule has 2 aliphatic heterocycles. The van der Waals surface area contributed by atoms with Crippen LogP contribution in [0.25, 0.3) is 10.2 Å². The number of piperidine rings is 1. The fraction of sp³-hybridized carbons (Fsp3) is 0.471. The Labute approximate surface area is 144 Å². The number of nitrogens with one attached hydrogen (secondary N) is 1. The zero-order valence-corrected chi connectivity index (χ0v) is 14.2. The van der Waals surface area contributed by atoms with Gasteiger partial charge in [0, 0.05) is 19.0 Å². The standard InChI is InChI=1S/C17H20N4O2S/c22-15(21-10-7-18-17(21)23)11-20-8-5-12(6-9-20)16-19-13-3-1-2-4-14(13)24-16/h1-4,12H,5-11H2,(H,18,23). The number of aromatic nitrogens is 1. The second-order valence-electron chi connectivity index (χ2n) is 6.35. The van der Waals surface area contributed by atoms with E-state index in [1.165, 1.54) is 14.6 Å². The van der Waals surface area contributed by atoms with Crippen LogP contribution in [0.4, 0.5) is 4.79 Å². The summed E-state index contributed by atoms with van der Waals surface area (Å²) in [4.78, 5) is 32.0. The second kappa shape index (κ2) is 6.49. The third kappa shape index (κ3) is 3.01. The molecule has 2 aliphatic rings. The number of para-hydroxylation sites is 1. The third-order valence-electron chi connectivity index (χ3n) is 4.76. The maximum atomic E-state index is 12.2. The average molecular weight is 344 g/mol. The van der Waals surface area contributed by atoms with Crippen molar-refractivity contribution in [2.24, 2.45) is 0 Å². The van der Waals surface area contributed by atoms with Crippen molar-refractivity contribution in [2.75, 3.05) is 32.7 Å². The van der Waals surface area contributed by atoms with Crippen LogP contribution in [0.1, 0.15) is 23.8 Å². The second-order valence-corrected chi connectivity index (χ2v) is 7.41. The molecule has 7 heteroatoms. The Morgan fingerprint density at radius 2 is 2.04 bits per heavy atom. The van der Waals surface area contributed by atoms with E-state index in [4.69, 9.17) is 4.98 Å². The van der Waals surface area contributed by atoms with E-state index >= 15 is 0 Å². The molecule has 0 spiro atoms. The van der Waals surface area contributed by atoms with Gasteiger partial charge in [-0.05, 0) is 38.1 Å². The van der Waals surface area contributed by atoms with Gasteiger partial charge in [-0.15, -0.1) is 11.3 Å². The molecule has 6 nitrogen and oxygen atoms in total. The molecule has 2 fully saturated rings. The quantitative estimate of drug-likeness (QED) is 0.925. The number of fused-ring (bicyclic) bond motifs is 1. The highest BCUT2D eigenvalue weighted by atomic mass is 32.1. The van der Waals surface area contributed by atoms with Crippen molar-refractivity contribution in [1.82, 2.24) is 20.1 Å². The lowest BCUT2D eigenvalue weighted by atomic mass is 9.97.